The Kier molecular flexibility index (Phi) is 4.25. The smallest absolute Gasteiger partial charge is 0.0586 e. The fourth-order valence-corrected chi connectivity index (χ4v) is 4.25. The van der Waals surface area contributed by atoms with Gasteiger partial charge in [-0.25, -0.2) is 0 Å². The second kappa shape index (κ2) is 5.94. The Morgan fingerprint density at radius 3 is 2.47 bits per heavy atom. The number of hydrogen-bond acceptors (Lipinski definition) is 3. The van der Waals surface area contributed by atoms with E-state index in [-0.39, 0.29) is 0 Å². The molecule has 0 aromatic rings. The molecule has 1 N–H and O–H groups in total. The maximum absolute atomic E-state index is 9.38. The summed E-state index contributed by atoms with van der Waals surface area (Å²) in [4.78, 5) is 5.12. The monoisotopic (exact) mass is 264 g/mol. The number of allylic oxidation sites excluding steroid dienone is 2. The van der Waals surface area contributed by atoms with Crippen molar-refractivity contribution in [2.45, 2.75) is 32.2 Å². The van der Waals surface area contributed by atoms with E-state index in [9.17, 15) is 5.11 Å². The van der Waals surface area contributed by atoms with Crippen LogP contribution in [-0.4, -0.2) is 60.3 Å². The Labute approximate surface area is 117 Å². The molecule has 1 saturated carbocycles. The van der Waals surface area contributed by atoms with Crippen molar-refractivity contribution in [1.82, 2.24) is 9.80 Å². The van der Waals surface area contributed by atoms with E-state index in [1.54, 1.807) is 0 Å². The maximum Gasteiger partial charge on any atom is 0.0586 e. The molecule has 1 heterocycles. The highest BCUT2D eigenvalue weighted by atomic mass is 16.3. The van der Waals surface area contributed by atoms with Crippen molar-refractivity contribution in [3.05, 3.63) is 12.2 Å². The van der Waals surface area contributed by atoms with Crippen LogP contribution in [0.25, 0.3) is 0 Å². The van der Waals surface area contributed by atoms with Crippen LogP contribution in [0.5, 0.6) is 0 Å². The zero-order valence-corrected chi connectivity index (χ0v) is 12.2. The molecule has 3 aliphatic rings. The summed E-state index contributed by atoms with van der Waals surface area (Å²) in [5.41, 5.74) is 0. The zero-order valence-electron chi connectivity index (χ0n) is 12.2. The van der Waals surface area contributed by atoms with Gasteiger partial charge >= 0.3 is 0 Å². The minimum absolute atomic E-state index is 0.313. The minimum Gasteiger partial charge on any atom is -0.395 e. The number of rotatable bonds is 5. The van der Waals surface area contributed by atoms with Crippen molar-refractivity contribution < 1.29 is 5.11 Å². The molecule has 2 fully saturated rings. The van der Waals surface area contributed by atoms with Gasteiger partial charge in [-0.05, 0) is 37.0 Å². The Bertz CT molecular complexity index is 319. The van der Waals surface area contributed by atoms with E-state index in [1.807, 2.05) is 0 Å². The SMILES string of the molecule is CC[C@H](CO)N1CCN(C[C@@H]2C[C@H]3C=C[C@H]2C3)CC1. The number of piperazine rings is 1. The van der Waals surface area contributed by atoms with E-state index in [4.69, 9.17) is 0 Å². The van der Waals surface area contributed by atoms with E-state index in [0.29, 0.717) is 12.6 Å². The van der Waals surface area contributed by atoms with Crippen molar-refractivity contribution in [3.63, 3.8) is 0 Å². The van der Waals surface area contributed by atoms with E-state index in [0.717, 1.165) is 37.3 Å². The molecule has 2 aliphatic carbocycles. The van der Waals surface area contributed by atoms with Crippen LogP contribution in [0.1, 0.15) is 26.2 Å². The van der Waals surface area contributed by atoms with Gasteiger partial charge in [0.25, 0.3) is 0 Å². The highest BCUT2D eigenvalue weighted by Crippen LogP contribution is 2.43. The van der Waals surface area contributed by atoms with Crippen LogP contribution in [0.4, 0.5) is 0 Å². The third-order valence-electron chi connectivity index (χ3n) is 5.51. The lowest BCUT2D eigenvalue weighted by Gasteiger charge is -2.39. The Morgan fingerprint density at radius 1 is 1.16 bits per heavy atom. The Hall–Kier alpha value is -0.380. The second-order valence-electron chi connectivity index (χ2n) is 6.62. The molecule has 0 aromatic carbocycles. The predicted octanol–water partition coefficient (Wildman–Crippen LogP) is 1.59. The van der Waals surface area contributed by atoms with Gasteiger partial charge in [0.05, 0.1) is 6.61 Å². The number of aliphatic hydroxyl groups is 1. The predicted molar refractivity (Wildman–Crippen MR) is 78.0 cm³/mol. The maximum atomic E-state index is 9.38. The average Bonchev–Trinajstić information content (AvgIpc) is 3.04. The summed E-state index contributed by atoms with van der Waals surface area (Å²) in [6.07, 6.45) is 8.82. The van der Waals surface area contributed by atoms with Crippen molar-refractivity contribution in [2.24, 2.45) is 17.8 Å². The molecule has 0 unspecified atom stereocenters. The first-order chi connectivity index (χ1) is 9.30. The molecule has 0 amide bonds. The van der Waals surface area contributed by atoms with Gasteiger partial charge in [-0.2, -0.15) is 0 Å². The van der Waals surface area contributed by atoms with E-state index >= 15 is 0 Å². The van der Waals surface area contributed by atoms with Gasteiger partial charge in [-0.15, -0.1) is 0 Å². The molecule has 0 spiro atoms. The van der Waals surface area contributed by atoms with Crippen LogP contribution in [0.15, 0.2) is 12.2 Å². The van der Waals surface area contributed by atoms with Gasteiger partial charge in [0, 0.05) is 38.8 Å². The minimum atomic E-state index is 0.313. The third kappa shape index (κ3) is 2.88. The summed E-state index contributed by atoms with van der Waals surface area (Å²) in [6.45, 7) is 8.44. The molecule has 108 valence electrons. The van der Waals surface area contributed by atoms with Gasteiger partial charge in [0.1, 0.15) is 0 Å². The first-order valence-electron chi connectivity index (χ1n) is 8.05. The van der Waals surface area contributed by atoms with Gasteiger partial charge in [-0.1, -0.05) is 19.1 Å². The van der Waals surface area contributed by atoms with Crippen LogP contribution >= 0.6 is 0 Å². The van der Waals surface area contributed by atoms with Crippen molar-refractivity contribution in [3.8, 4) is 0 Å². The van der Waals surface area contributed by atoms with E-state index < -0.39 is 0 Å². The molecule has 19 heavy (non-hydrogen) atoms. The van der Waals surface area contributed by atoms with Crippen molar-refractivity contribution in [2.75, 3.05) is 39.3 Å². The highest BCUT2D eigenvalue weighted by Gasteiger charge is 2.36. The van der Waals surface area contributed by atoms with Crippen molar-refractivity contribution >= 4 is 0 Å². The second-order valence-corrected chi connectivity index (χ2v) is 6.62. The molecule has 0 radical (unpaired) electrons. The lowest BCUT2D eigenvalue weighted by Crippen LogP contribution is -2.52. The standard InChI is InChI=1S/C16H28N2O/c1-2-16(12-19)18-7-5-17(6-8-18)11-15-10-13-3-4-14(15)9-13/h3-4,13-16,19H,2,5-12H2,1H3/t13-,14-,15-,16+/m0/s1. The molecular weight excluding hydrogens is 236 g/mol. The Morgan fingerprint density at radius 2 is 1.95 bits per heavy atom. The van der Waals surface area contributed by atoms with Gasteiger partial charge < -0.3 is 10.0 Å². The summed E-state index contributed by atoms with van der Waals surface area (Å²) in [7, 11) is 0. The normalized spacial score (nSPS) is 37.1. The van der Waals surface area contributed by atoms with Crippen molar-refractivity contribution in [1.29, 1.82) is 0 Å². The fourth-order valence-electron chi connectivity index (χ4n) is 4.25. The number of hydrogen-bond donors (Lipinski definition) is 1. The molecule has 2 bridgehead atoms. The quantitative estimate of drug-likeness (QED) is 0.764. The molecule has 0 aromatic heterocycles. The molecule has 1 aliphatic heterocycles. The largest absolute Gasteiger partial charge is 0.395 e. The highest BCUT2D eigenvalue weighted by molar-refractivity contribution is 5.10. The lowest BCUT2D eigenvalue weighted by atomic mass is 9.93. The van der Waals surface area contributed by atoms with E-state index in [2.05, 4.69) is 28.9 Å². The summed E-state index contributed by atoms with van der Waals surface area (Å²) >= 11 is 0. The number of aliphatic hydroxyl groups excluding tert-OH is 1. The summed E-state index contributed by atoms with van der Waals surface area (Å²) in [5.74, 6) is 2.69. The average molecular weight is 264 g/mol. The summed E-state index contributed by atoms with van der Waals surface area (Å²) in [6, 6.07) is 0.382. The van der Waals surface area contributed by atoms with Crippen LogP contribution in [0.3, 0.4) is 0 Å². The van der Waals surface area contributed by atoms with Crippen LogP contribution < -0.4 is 0 Å². The summed E-state index contributed by atoms with van der Waals surface area (Å²) < 4.78 is 0. The fraction of sp³-hybridized carbons (Fsp3) is 0.875. The molecule has 3 heteroatoms. The molecular formula is C16H28N2O. The first-order valence-corrected chi connectivity index (χ1v) is 8.05. The molecule has 4 atom stereocenters. The Balaban J connectivity index is 1.44. The first kappa shape index (κ1) is 13.6. The van der Waals surface area contributed by atoms with Crippen LogP contribution in [-0.2, 0) is 0 Å². The van der Waals surface area contributed by atoms with Gasteiger partial charge in [0.15, 0.2) is 0 Å². The van der Waals surface area contributed by atoms with Gasteiger partial charge in [-0.3, -0.25) is 4.90 Å². The van der Waals surface area contributed by atoms with Gasteiger partial charge in [0.2, 0.25) is 0 Å². The van der Waals surface area contributed by atoms with Crippen LogP contribution in [0.2, 0.25) is 0 Å². The number of nitrogens with zero attached hydrogens (tertiary/aromatic N) is 2. The summed E-state index contributed by atoms with van der Waals surface area (Å²) in [5, 5.41) is 9.38. The van der Waals surface area contributed by atoms with E-state index in [1.165, 1.54) is 32.5 Å². The topological polar surface area (TPSA) is 26.7 Å². The molecule has 3 rings (SSSR count). The lowest BCUT2D eigenvalue weighted by molar-refractivity contribution is 0.0557. The molecule has 1 saturated heterocycles. The molecule has 3 nitrogen and oxygen atoms in total. The number of fused-ring (bicyclic) bond motifs is 2. The van der Waals surface area contributed by atoms with Crippen LogP contribution in [0, 0.1) is 17.8 Å². The zero-order chi connectivity index (χ0) is 13.2. The third-order valence-corrected chi connectivity index (χ3v) is 5.51.